The summed E-state index contributed by atoms with van der Waals surface area (Å²) < 4.78 is 4.16. The van der Waals surface area contributed by atoms with Gasteiger partial charge in [0, 0.05) is 24.8 Å². The van der Waals surface area contributed by atoms with E-state index in [0.717, 1.165) is 32.0 Å². The minimum absolute atomic E-state index is 0.754. The Morgan fingerprint density at radius 3 is 2.90 bits per heavy atom. The Morgan fingerprint density at radius 1 is 1.19 bits per heavy atom. The fourth-order valence-electron chi connectivity index (χ4n) is 2.59. The molecular weight excluding hydrogens is 262 g/mol. The second-order valence-electron chi connectivity index (χ2n) is 5.11. The molecule has 2 aromatic heterocycles. The average molecular weight is 283 g/mol. The number of benzene rings is 1. The number of fused-ring (bicyclic) bond motifs is 1. The van der Waals surface area contributed by atoms with E-state index in [1.165, 1.54) is 16.5 Å². The van der Waals surface area contributed by atoms with Gasteiger partial charge in [0.05, 0.1) is 6.54 Å². The number of nitrogens with one attached hydrogen (secondary N) is 1. The van der Waals surface area contributed by atoms with Crippen molar-refractivity contribution in [2.24, 2.45) is 0 Å². The summed E-state index contributed by atoms with van der Waals surface area (Å²) in [6.45, 7) is 7.72. The van der Waals surface area contributed by atoms with Crippen LogP contribution >= 0.6 is 0 Å². The van der Waals surface area contributed by atoms with Crippen LogP contribution in [0.5, 0.6) is 0 Å². The van der Waals surface area contributed by atoms with Crippen molar-refractivity contribution in [2.45, 2.75) is 33.5 Å². The summed E-state index contributed by atoms with van der Waals surface area (Å²) in [7, 11) is 0. The number of hydrogen-bond donors (Lipinski definition) is 1. The van der Waals surface area contributed by atoms with Crippen molar-refractivity contribution in [2.75, 3.05) is 6.54 Å². The molecule has 21 heavy (non-hydrogen) atoms. The molecule has 1 aromatic carbocycles. The summed E-state index contributed by atoms with van der Waals surface area (Å²) in [5, 5.41) is 8.86. The first kappa shape index (κ1) is 13.8. The van der Waals surface area contributed by atoms with Gasteiger partial charge < -0.3 is 9.88 Å². The molecule has 0 saturated heterocycles. The molecule has 0 radical (unpaired) electrons. The third-order valence-electron chi connectivity index (χ3n) is 3.72. The van der Waals surface area contributed by atoms with E-state index < -0.39 is 0 Å². The minimum Gasteiger partial charge on any atom is -0.340 e. The zero-order valence-corrected chi connectivity index (χ0v) is 12.6. The normalized spacial score (nSPS) is 11.3. The highest BCUT2D eigenvalue weighted by atomic mass is 15.3. The molecule has 0 spiro atoms. The number of aryl methyl sites for hydroxylation is 1. The number of aromatic nitrogens is 4. The van der Waals surface area contributed by atoms with Crippen LogP contribution in [0.15, 0.2) is 36.8 Å². The molecule has 2 heterocycles. The molecule has 5 heteroatoms. The van der Waals surface area contributed by atoms with Crippen LogP contribution in [0.4, 0.5) is 0 Å². The van der Waals surface area contributed by atoms with Gasteiger partial charge in [-0.25, -0.2) is 9.67 Å². The Bertz CT molecular complexity index is 725. The molecule has 0 unspecified atom stereocenters. The Labute approximate surface area is 124 Å². The molecule has 0 amide bonds. The number of rotatable bonds is 6. The molecule has 3 rings (SSSR count). The summed E-state index contributed by atoms with van der Waals surface area (Å²) >= 11 is 0. The lowest BCUT2D eigenvalue weighted by Gasteiger charge is -2.07. The molecular formula is C16H21N5. The lowest BCUT2D eigenvalue weighted by atomic mass is 10.1. The highest BCUT2D eigenvalue weighted by Crippen LogP contribution is 2.18. The van der Waals surface area contributed by atoms with Crippen LogP contribution in [0, 0.1) is 0 Å². The van der Waals surface area contributed by atoms with Crippen LogP contribution in [0.1, 0.15) is 25.2 Å². The van der Waals surface area contributed by atoms with Crippen LogP contribution in [0.3, 0.4) is 0 Å². The summed E-state index contributed by atoms with van der Waals surface area (Å²) in [5.74, 6) is 0.992. The number of hydrogen-bond acceptors (Lipinski definition) is 3. The van der Waals surface area contributed by atoms with E-state index in [9.17, 15) is 0 Å². The predicted molar refractivity (Wildman–Crippen MR) is 84.1 cm³/mol. The molecule has 0 fully saturated rings. The standard InChI is InChI=1S/C16H21N5/c1-3-17-10-13-5-6-15-14(9-13)7-8-20(15)11-16-18-12-19-21(16)4-2/h5-9,12,17H,3-4,10-11H2,1-2H3. The van der Waals surface area contributed by atoms with Crippen molar-refractivity contribution < 1.29 is 0 Å². The van der Waals surface area contributed by atoms with Crippen molar-refractivity contribution in [3.63, 3.8) is 0 Å². The summed E-state index contributed by atoms with van der Waals surface area (Å²) in [6.07, 6.45) is 3.75. The van der Waals surface area contributed by atoms with Gasteiger partial charge in [-0.3, -0.25) is 0 Å². The lowest BCUT2D eigenvalue weighted by molar-refractivity contribution is 0.597. The van der Waals surface area contributed by atoms with Gasteiger partial charge in [-0.15, -0.1) is 0 Å². The first-order valence-corrected chi connectivity index (χ1v) is 7.47. The summed E-state index contributed by atoms with van der Waals surface area (Å²) in [5.41, 5.74) is 2.56. The average Bonchev–Trinajstić information content (AvgIpc) is 3.12. The zero-order chi connectivity index (χ0) is 14.7. The Balaban J connectivity index is 1.86. The van der Waals surface area contributed by atoms with E-state index in [2.05, 4.69) is 64.3 Å². The molecule has 0 atom stereocenters. The van der Waals surface area contributed by atoms with E-state index in [-0.39, 0.29) is 0 Å². The molecule has 110 valence electrons. The maximum absolute atomic E-state index is 4.35. The van der Waals surface area contributed by atoms with Gasteiger partial charge in [-0.05, 0) is 42.6 Å². The smallest absolute Gasteiger partial charge is 0.146 e. The first-order chi connectivity index (χ1) is 10.3. The quantitative estimate of drug-likeness (QED) is 0.755. The summed E-state index contributed by atoms with van der Waals surface area (Å²) in [4.78, 5) is 4.35. The van der Waals surface area contributed by atoms with Crippen molar-refractivity contribution in [1.29, 1.82) is 0 Å². The van der Waals surface area contributed by atoms with E-state index in [1.807, 2.05) is 4.68 Å². The molecule has 5 nitrogen and oxygen atoms in total. The van der Waals surface area contributed by atoms with Gasteiger partial charge in [0.1, 0.15) is 12.2 Å². The van der Waals surface area contributed by atoms with Gasteiger partial charge in [-0.1, -0.05) is 13.0 Å². The second-order valence-corrected chi connectivity index (χ2v) is 5.11. The highest BCUT2D eigenvalue weighted by molar-refractivity contribution is 5.80. The molecule has 0 saturated carbocycles. The Kier molecular flexibility index (Phi) is 4.01. The van der Waals surface area contributed by atoms with E-state index >= 15 is 0 Å². The second kappa shape index (κ2) is 6.10. The molecule has 0 bridgehead atoms. The molecule has 0 aliphatic rings. The van der Waals surface area contributed by atoms with Gasteiger partial charge >= 0.3 is 0 Å². The molecule has 1 N–H and O–H groups in total. The van der Waals surface area contributed by atoms with Crippen molar-refractivity contribution >= 4 is 10.9 Å². The largest absolute Gasteiger partial charge is 0.340 e. The van der Waals surface area contributed by atoms with Crippen LogP contribution in [0.25, 0.3) is 10.9 Å². The predicted octanol–water partition coefficient (Wildman–Crippen LogP) is 2.41. The third kappa shape index (κ3) is 2.83. The molecule has 0 aliphatic carbocycles. The van der Waals surface area contributed by atoms with Crippen molar-refractivity contribution in [3.05, 3.63) is 48.2 Å². The topological polar surface area (TPSA) is 47.7 Å². The fraction of sp³-hybridized carbons (Fsp3) is 0.375. The maximum atomic E-state index is 4.35. The highest BCUT2D eigenvalue weighted by Gasteiger charge is 2.07. The van der Waals surface area contributed by atoms with E-state index in [1.54, 1.807) is 6.33 Å². The Hall–Kier alpha value is -2.14. The maximum Gasteiger partial charge on any atom is 0.146 e. The molecule has 0 aliphatic heterocycles. The van der Waals surface area contributed by atoms with Gasteiger partial charge in [-0.2, -0.15) is 5.10 Å². The Morgan fingerprint density at radius 2 is 2.10 bits per heavy atom. The number of nitrogens with zero attached hydrogens (tertiary/aromatic N) is 4. The summed E-state index contributed by atoms with van der Waals surface area (Å²) in [6, 6.07) is 8.79. The van der Waals surface area contributed by atoms with Gasteiger partial charge in [0.15, 0.2) is 0 Å². The zero-order valence-electron chi connectivity index (χ0n) is 12.6. The van der Waals surface area contributed by atoms with Crippen LogP contribution < -0.4 is 5.32 Å². The van der Waals surface area contributed by atoms with Gasteiger partial charge in [0.25, 0.3) is 0 Å². The SMILES string of the molecule is CCNCc1ccc2c(ccn2Cc2ncnn2CC)c1. The van der Waals surface area contributed by atoms with Crippen LogP contribution in [-0.2, 0) is 19.6 Å². The lowest BCUT2D eigenvalue weighted by Crippen LogP contribution is -2.11. The molecule has 3 aromatic rings. The van der Waals surface area contributed by atoms with E-state index in [0.29, 0.717) is 0 Å². The minimum atomic E-state index is 0.754. The van der Waals surface area contributed by atoms with Crippen LogP contribution in [0.2, 0.25) is 0 Å². The van der Waals surface area contributed by atoms with Gasteiger partial charge in [0.2, 0.25) is 0 Å². The monoisotopic (exact) mass is 283 g/mol. The van der Waals surface area contributed by atoms with E-state index in [4.69, 9.17) is 0 Å². The fourth-order valence-corrected chi connectivity index (χ4v) is 2.59. The third-order valence-corrected chi connectivity index (χ3v) is 3.72. The first-order valence-electron chi connectivity index (χ1n) is 7.47. The van der Waals surface area contributed by atoms with Crippen LogP contribution in [-0.4, -0.2) is 25.9 Å². The van der Waals surface area contributed by atoms with Crippen molar-refractivity contribution in [1.82, 2.24) is 24.6 Å². The van der Waals surface area contributed by atoms with Crippen molar-refractivity contribution in [3.8, 4) is 0 Å².